The van der Waals surface area contributed by atoms with Crippen LogP contribution >= 0.6 is 0 Å². The number of nitrogens with one attached hydrogen (secondary N) is 2. The maximum atomic E-state index is 13.6. The quantitative estimate of drug-likeness (QED) is 0.671. The van der Waals surface area contributed by atoms with E-state index >= 15 is 0 Å². The van der Waals surface area contributed by atoms with Gasteiger partial charge in [0, 0.05) is 17.8 Å². The van der Waals surface area contributed by atoms with Crippen molar-refractivity contribution in [1.29, 1.82) is 0 Å². The highest BCUT2D eigenvalue weighted by molar-refractivity contribution is 6.03. The van der Waals surface area contributed by atoms with Crippen molar-refractivity contribution >= 4 is 17.4 Å². The van der Waals surface area contributed by atoms with E-state index in [-0.39, 0.29) is 29.9 Å². The second kappa shape index (κ2) is 8.40. The van der Waals surface area contributed by atoms with Gasteiger partial charge in [-0.05, 0) is 23.6 Å². The van der Waals surface area contributed by atoms with Crippen molar-refractivity contribution in [3.8, 4) is 0 Å². The molecule has 0 atom stereocenters. The third-order valence-electron chi connectivity index (χ3n) is 4.13. The van der Waals surface area contributed by atoms with E-state index in [2.05, 4.69) is 34.4 Å². The molecule has 0 radical (unpaired) electrons. The number of hydrogen-bond acceptors (Lipinski definition) is 4. The van der Waals surface area contributed by atoms with Gasteiger partial charge < -0.3 is 10.6 Å². The first kappa shape index (κ1) is 18.5. The second-order valence-electron chi connectivity index (χ2n) is 6.43. The largest absolute Gasteiger partial charge is 0.365 e. The highest BCUT2D eigenvalue weighted by Crippen LogP contribution is 2.24. The zero-order valence-corrected chi connectivity index (χ0v) is 15.2. The van der Waals surface area contributed by atoms with Crippen molar-refractivity contribution in [2.75, 3.05) is 10.6 Å². The van der Waals surface area contributed by atoms with Crippen LogP contribution in [-0.4, -0.2) is 15.9 Å². The summed E-state index contributed by atoms with van der Waals surface area (Å²) >= 11 is 0. The van der Waals surface area contributed by atoms with Crippen LogP contribution in [0.5, 0.6) is 0 Å². The standard InChI is InChI=1S/C21H21FN4O/c1-14(2)16-8-4-6-10-18(16)26-21(27)19-12-25-20(13-23-19)24-11-15-7-3-5-9-17(15)22/h3-10,12-14H,11H2,1-2H3,(H,24,25)(H,26,27). The van der Waals surface area contributed by atoms with Gasteiger partial charge in [0.2, 0.25) is 0 Å². The Morgan fingerprint density at radius 2 is 1.78 bits per heavy atom. The van der Waals surface area contributed by atoms with Crippen LogP contribution < -0.4 is 10.6 Å². The first-order valence-corrected chi connectivity index (χ1v) is 8.74. The van der Waals surface area contributed by atoms with Gasteiger partial charge in [-0.3, -0.25) is 4.79 Å². The van der Waals surface area contributed by atoms with Crippen LogP contribution in [-0.2, 0) is 6.54 Å². The highest BCUT2D eigenvalue weighted by Gasteiger charge is 2.12. The molecule has 6 heteroatoms. The van der Waals surface area contributed by atoms with Crippen molar-refractivity contribution < 1.29 is 9.18 Å². The normalized spacial score (nSPS) is 10.7. The molecule has 27 heavy (non-hydrogen) atoms. The summed E-state index contributed by atoms with van der Waals surface area (Å²) < 4.78 is 13.6. The average Bonchev–Trinajstić information content (AvgIpc) is 2.68. The van der Waals surface area contributed by atoms with E-state index in [9.17, 15) is 9.18 Å². The van der Waals surface area contributed by atoms with Gasteiger partial charge in [0.05, 0.1) is 12.4 Å². The minimum absolute atomic E-state index is 0.213. The third-order valence-corrected chi connectivity index (χ3v) is 4.13. The van der Waals surface area contributed by atoms with Crippen molar-refractivity contribution in [3.05, 3.63) is 83.6 Å². The minimum Gasteiger partial charge on any atom is -0.365 e. The van der Waals surface area contributed by atoms with Gasteiger partial charge in [0.15, 0.2) is 0 Å². The van der Waals surface area contributed by atoms with Crippen LogP contribution in [0.4, 0.5) is 15.9 Å². The Balaban J connectivity index is 1.65. The molecule has 0 unspecified atom stereocenters. The van der Waals surface area contributed by atoms with Crippen LogP contribution in [0.3, 0.4) is 0 Å². The maximum Gasteiger partial charge on any atom is 0.275 e. The van der Waals surface area contributed by atoms with Gasteiger partial charge in [0.1, 0.15) is 17.3 Å². The first-order valence-electron chi connectivity index (χ1n) is 8.74. The minimum atomic E-state index is -0.323. The second-order valence-corrected chi connectivity index (χ2v) is 6.43. The van der Waals surface area contributed by atoms with E-state index in [1.807, 2.05) is 24.3 Å². The topological polar surface area (TPSA) is 66.9 Å². The Kier molecular flexibility index (Phi) is 5.76. The molecule has 0 bridgehead atoms. The summed E-state index contributed by atoms with van der Waals surface area (Å²) in [5.41, 5.74) is 2.57. The van der Waals surface area contributed by atoms with Crippen LogP contribution in [0.15, 0.2) is 60.9 Å². The summed E-state index contributed by atoms with van der Waals surface area (Å²) in [5, 5.41) is 5.88. The molecule has 5 nitrogen and oxygen atoms in total. The molecule has 3 aromatic rings. The summed E-state index contributed by atoms with van der Waals surface area (Å²) in [6.07, 6.45) is 2.86. The van der Waals surface area contributed by atoms with Gasteiger partial charge in [-0.1, -0.05) is 50.2 Å². The molecule has 0 saturated heterocycles. The number of halogens is 1. The fraction of sp³-hybridized carbons (Fsp3) is 0.190. The Bertz CT molecular complexity index is 925. The Hall–Kier alpha value is -3.28. The molecule has 138 valence electrons. The number of amides is 1. The predicted octanol–water partition coefficient (Wildman–Crippen LogP) is 4.60. The molecule has 1 amide bonds. The molecule has 0 aliphatic rings. The predicted molar refractivity (Wildman–Crippen MR) is 104 cm³/mol. The molecule has 0 spiro atoms. The molecule has 0 saturated carbocycles. The smallest absolute Gasteiger partial charge is 0.275 e. The number of carbonyl (C=O) groups is 1. The molecule has 0 aliphatic carbocycles. The van der Waals surface area contributed by atoms with Crippen LogP contribution in [0.2, 0.25) is 0 Å². The first-order chi connectivity index (χ1) is 13.0. The molecular formula is C21H21FN4O. The SMILES string of the molecule is CC(C)c1ccccc1NC(=O)c1cnc(NCc2ccccc2F)cn1. The summed E-state index contributed by atoms with van der Waals surface area (Å²) in [6, 6.07) is 14.2. The lowest BCUT2D eigenvalue weighted by molar-refractivity contribution is 0.102. The lowest BCUT2D eigenvalue weighted by Crippen LogP contribution is -2.16. The van der Waals surface area contributed by atoms with Crippen LogP contribution in [0.1, 0.15) is 41.4 Å². The highest BCUT2D eigenvalue weighted by atomic mass is 19.1. The van der Waals surface area contributed by atoms with Gasteiger partial charge in [-0.2, -0.15) is 0 Å². The Morgan fingerprint density at radius 1 is 1.04 bits per heavy atom. The van der Waals surface area contributed by atoms with Gasteiger partial charge in [-0.25, -0.2) is 14.4 Å². The average molecular weight is 364 g/mol. The summed E-state index contributed by atoms with van der Waals surface area (Å²) in [6.45, 7) is 4.43. The number of carbonyl (C=O) groups excluding carboxylic acids is 1. The molecule has 1 aromatic heterocycles. The molecular weight excluding hydrogens is 343 g/mol. The van der Waals surface area contributed by atoms with E-state index in [1.54, 1.807) is 18.2 Å². The lowest BCUT2D eigenvalue weighted by atomic mass is 10.0. The Morgan fingerprint density at radius 3 is 2.48 bits per heavy atom. The van der Waals surface area contributed by atoms with E-state index in [1.165, 1.54) is 18.5 Å². The number of aromatic nitrogens is 2. The van der Waals surface area contributed by atoms with Gasteiger partial charge in [0.25, 0.3) is 5.91 Å². The number of rotatable bonds is 6. The summed E-state index contributed by atoms with van der Waals surface area (Å²) in [5.74, 6) is 0.156. The third kappa shape index (κ3) is 4.67. The zero-order chi connectivity index (χ0) is 19.2. The molecule has 1 heterocycles. The summed E-state index contributed by atoms with van der Waals surface area (Å²) in [4.78, 5) is 20.8. The number of nitrogens with zero attached hydrogens (tertiary/aromatic N) is 2. The van der Waals surface area contributed by atoms with E-state index in [0.29, 0.717) is 11.4 Å². The molecule has 2 aromatic carbocycles. The summed E-state index contributed by atoms with van der Waals surface area (Å²) in [7, 11) is 0. The zero-order valence-electron chi connectivity index (χ0n) is 15.2. The monoisotopic (exact) mass is 364 g/mol. The van der Waals surface area contributed by atoms with E-state index < -0.39 is 0 Å². The van der Waals surface area contributed by atoms with Gasteiger partial charge in [-0.15, -0.1) is 0 Å². The number of para-hydroxylation sites is 1. The van der Waals surface area contributed by atoms with Crippen LogP contribution in [0.25, 0.3) is 0 Å². The molecule has 0 fully saturated rings. The molecule has 2 N–H and O–H groups in total. The van der Waals surface area contributed by atoms with Crippen molar-refractivity contribution in [1.82, 2.24) is 9.97 Å². The lowest BCUT2D eigenvalue weighted by Gasteiger charge is -2.13. The van der Waals surface area contributed by atoms with Crippen molar-refractivity contribution in [2.45, 2.75) is 26.3 Å². The van der Waals surface area contributed by atoms with Crippen molar-refractivity contribution in [2.24, 2.45) is 0 Å². The maximum absolute atomic E-state index is 13.6. The van der Waals surface area contributed by atoms with Crippen LogP contribution in [0, 0.1) is 5.82 Å². The fourth-order valence-corrected chi connectivity index (χ4v) is 2.66. The number of benzene rings is 2. The van der Waals surface area contributed by atoms with E-state index in [0.717, 1.165) is 11.3 Å². The van der Waals surface area contributed by atoms with E-state index in [4.69, 9.17) is 0 Å². The van der Waals surface area contributed by atoms with Gasteiger partial charge >= 0.3 is 0 Å². The number of anilines is 2. The molecule has 0 aliphatic heterocycles. The fourth-order valence-electron chi connectivity index (χ4n) is 2.66. The number of hydrogen-bond donors (Lipinski definition) is 2. The molecule has 3 rings (SSSR count). The van der Waals surface area contributed by atoms with Crippen molar-refractivity contribution in [3.63, 3.8) is 0 Å². The Labute approximate surface area is 157 Å².